The average molecular weight is 256 g/mol. The van der Waals surface area contributed by atoms with Crippen LogP contribution in [0.2, 0.25) is 0 Å². The quantitative estimate of drug-likeness (QED) is 0.636. The zero-order chi connectivity index (χ0) is 11.6. The predicted octanol–water partition coefficient (Wildman–Crippen LogP) is 3.45. The minimum absolute atomic E-state index is 0. The summed E-state index contributed by atoms with van der Waals surface area (Å²) in [7, 11) is 0. The van der Waals surface area contributed by atoms with E-state index in [2.05, 4.69) is 6.58 Å². The Morgan fingerprint density at radius 1 is 1.31 bits per heavy atom. The van der Waals surface area contributed by atoms with E-state index in [-0.39, 0.29) is 18.0 Å². The molecule has 0 heterocycles. The van der Waals surface area contributed by atoms with Crippen molar-refractivity contribution in [3.8, 4) is 0 Å². The van der Waals surface area contributed by atoms with Gasteiger partial charge in [-0.3, -0.25) is 0 Å². The Balaban J connectivity index is 0.00000225. The van der Waals surface area contributed by atoms with Crippen LogP contribution in [-0.4, -0.2) is 0 Å². The highest BCUT2D eigenvalue weighted by atomic mass is 35.5. The molecule has 2 N–H and O–H groups in total. The molecular weight excluding hydrogens is 246 g/mol. The van der Waals surface area contributed by atoms with Crippen molar-refractivity contribution in [2.75, 3.05) is 0 Å². The van der Waals surface area contributed by atoms with Gasteiger partial charge in [0.2, 0.25) is 0 Å². The van der Waals surface area contributed by atoms with Gasteiger partial charge in [0, 0.05) is 5.56 Å². The summed E-state index contributed by atoms with van der Waals surface area (Å²) >= 11 is 0. The molecule has 0 amide bonds. The standard InChI is InChI=1S/C10H9F4N.ClH/c1-2-8(15)6-4-3-5-7(9(6)11)10(12,13)14;/h2-5,8H,1,15H2;1H/t8-;/m0./s1. The van der Waals surface area contributed by atoms with Gasteiger partial charge in [0.1, 0.15) is 5.82 Å². The van der Waals surface area contributed by atoms with Crippen molar-refractivity contribution >= 4 is 12.4 Å². The molecule has 1 rings (SSSR count). The summed E-state index contributed by atoms with van der Waals surface area (Å²) in [4.78, 5) is 0. The maximum atomic E-state index is 13.4. The van der Waals surface area contributed by atoms with Gasteiger partial charge in [-0.15, -0.1) is 19.0 Å². The number of halogens is 5. The van der Waals surface area contributed by atoms with Crippen LogP contribution < -0.4 is 5.73 Å². The van der Waals surface area contributed by atoms with Crippen molar-refractivity contribution in [1.29, 1.82) is 0 Å². The van der Waals surface area contributed by atoms with E-state index in [0.29, 0.717) is 6.07 Å². The molecule has 0 aromatic heterocycles. The first-order valence-corrected chi connectivity index (χ1v) is 4.11. The molecule has 1 aromatic rings. The summed E-state index contributed by atoms with van der Waals surface area (Å²) in [6.07, 6.45) is -3.53. The SMILES string of the molecule is C=C[C@H](N)c1cccc(C(F)(F)F)c1F.Cl. The fourth-order valence-electron chi connectivity index (χ4n) is 1.15. The lowest BCUT2D eigenvalue weighted by Gasteiger charge is -2.13. The van der Waals surface area contributed by atoms with Crippen LogP contribution in [0.15, 0.2) is 30.9 Å². The zero-order valence-electron chi connectivity index (χ0n) is 8.09. The number of alkyl halides is 3. The van der Waals surface area contributed by atoms with Gasteiger partial charge in [0.05, 0.1) is 11.6 Å². The summed E-state index contributed by atoms with van der Waals surface area (Å²) in [5.74, 6) is -1.34. The number of hydrogen-bond acceptors (Lipinski definition) is 1. The Labute approximate surface area is 96.4 Å². The molecule has 0 spiro atoms. The predicted molar refractivity (Wildman–Crippen MR) is 55.8 cm³/mol. The van der Waals surface area contributed by atoms with Crippen molar-refractivity contribution in [2.24, 2.45) is 5.73 Å². The van der Waals surface area contributed by atoms with Gasteiger partial charge in [-0.1, -0.05) is 18.2 Å². The molecule has 0 saturated carbocycles. The van der Waals surface area contributed by atoms with E-state index in [0.717, 1.165) is 6.07 Å². The van der Waals surface area contributed by atoms with Crippen LogP contribution in [0.5, 0.6) is 0 Å². The molecule has 90 valence electrons. The van der Waals surface area contributed by atoms with E-state index < -0.39 is 23.6 Å². The largest absolute Gasteiger partial charge is 0.419 e. The summed E-state index contributed by atoms with van der Waals surface area (Å²) in [6.45, 7) is 3.30. The van der Waals surface area contributed by atoms with Crippen LogP contribution in [0.1, 0.15) is 17.2 Å². The van der Waals surface area contributed by atoms with Crippen LogP contribution in [0, 0.1) is 5.82 Å². The smallest absolute Gasteiger partial charge is 0.321 e. The summed E-state index contributed by atoms with van der Waals surface area (Å²) in [5.41, 5.74) is 3.87. The highest BCUT2D eigenvalue weighted by Crippen LogP contribution is 2.33. The molecule has 0 radical (unpaired) electrons. The summed E-state index contributed by atoms with van der Waals surface area (Å²) < 4.78 is 50.2. The Kier molecular flexibility index (Phi) is 4.96. The van der Waals surface area contributed by atoms with Crippen molar-refractivity contribution in [3.63, 3.8) is 0 Å². The summed E-state index contributed by atoms with van der Waals surface area (Å²) in [5, 5.41) is 0. The van der Waals surface area contributed by atoms with Crippen LogP contribution in [0.25, 0.3) is 0 Å². The van der Waals surface area contributed by atoms with Gasteiger partial charge in [-0.2, -0.15) is 13.2 Å². The Morgan fingerprint density at radius 3 is 2.31 bits per heavy atom. The van der Waals surface area contributed by atoms with Gasteiger partial charge < -0.3 is 5.73 Å². The monoisotopic (exact) mass is 255 g/mol. The number of nitrogens with two attached hydrogens (primary N) is 1. The lowest BCUT2D eigenvalue weighted by Crippen LogP contribution is -2.14. The van der Waals surface area contributed by atoms with Crippen molar-refractivity contribution in [2.45, 2.75) is 12.2 Å². The molecule has 0 aliphatic heterocycles. The van der Waals surface area contributed by atoms with Crippen molar-refractivity contribution in [3.05, 3.63) is 47.8 Å². The van der Waals surface area contributed by atoms with Gasteiger partial charge in [-0.05, 0) is 6.07 Å². The van der Waals surface area contributed by atoms with Gasteiger partial charge >= 0.3 is 6.18 Å². The van der Waals surface area contributed by atoms with E-state index >= 15 is 0 Å². The minimum Gasteiger partial charge on any atom is -0.321 e. The minimum atomic E-state index is -4.71. The Bertz CT molecular complexity index is 376. The second-order valence-corrected chi connectivity index (χ2v) is 2.97. The van der Waals surface area contributed by atoms with Crippen LogP contribution in [0.3, 0.4) is 0 Å². The molecule has 0 fully saturated rings. The van der Waals surface area contributed by atoms with Crippen LogP contribution in [0.4, 0.5) is 17.6 Å². The maximum absolute atomic E-state index is 13.4. The molecule has 1 aromatic carbocycles. The van der Waals surface area contributed by atoms with Gasteiger partial charge in [0.25, 0.3) is 0 Å². The molecule has 0 unspecified atom stereocenters. The third-order valence-electron chi connectivity index (χ3n) is 1.95. The first-order chi connectivity index (χ1) is 6.88. The Hall–Kier alpha value is -1.07. The maximum Gasteiger partial charge on any atom is 0.419 e. The highest BCUT2D eigenvalue weighted by Gasteiger charge is 2.35. The van der Waals surface area contributed by atoms with E-state index in [1.807, 2.05) is 0 Å². The lowest BCUT2D eigenvalue weighted by atomic mass is 10.0. The van der Waals surface area contributed by atoms with Gasteiger partial charge in [0.15, 0.2) is 0 Å². The third kappa shape index (κ3) is 2.96. The molecule has 1 atom stereocenters. The average Bonchev–Trinajstić information content (AvgIpc) is 2.15. The molecule has 0 aliphatic rings. The zero-order valence-corrected chi connectivity index (χ0v) is 8.91. The van der Waals surface area contributed by atoms with E-state index in [4.69, 9.17) is 5.73 Å². The Morgan fingerprint density at radius 2 is 1.88 bits per heavy atom. The third-order valence-corrected chi connectivity index (χ3v) is 1.95. The topological polar surface area (TPSA) is 26.0 Å². The molecule has 6 heteroatoms. The molecule has 1 nitrogen and oxygen atoms in total. The fraction of sp³-hybridized carbons (Fsp3) is 0.200. The van der Waals surface area contributed by atoms with E-state index in [1.165, 1.54) is 12.1 Å². The second-order valence-electron chi connectivity index (χ2n) is 2.97. The number of hydrogen-bond donors (Lipinski definition) is 1. The molecule has 0 bridgehead atoms. The first-order valence-electron chi connectivity index (χ1n) is 4.11. The highest BCUT2D eigenvalue weighted by molar-refractivity contribution is 5.85. The molecule has 16 heavy (non-hydrogen) atoms. The molecule has 0 aliphatic carbocycles. The van der Waals surface area contributed by atoms with Crippen molar-refractivity contribution < 1.29 is 17.6 Å². The molecular formula is C10H10ClF4N. The van der Waals surface area contributed by atoms with Crippen LogP contribution in [-0.2, 0) is 6.18 Å². The van der Waals surface area contributed by atoms with Gasteiger partial charge in [-0.25, -0.2) is 4.39 Å². The first kappa shape index (κ1) is 14.9. The van der Waals surface area contributed by atoms with Crippen LogP contribution >= 0.6 is 12.4 Å². The molecule has 0 saturated heterocycles. The van der Waals surface area contributed by atoms with E-state index in [1.54, 1.807) is 0 Å². The second kappa shape index (κ2) is 5.32. The van der Waals surface area contributed by atoms with Crippen molar-refractivity contribution in [1.82, 2.24) is 0 Å². The fourth-order valence-corrected chi connectivity index (χ4v) is 1.15. The number of rotatable bonds is 2. The number of benzene rings is 1. The normalized spacial score (nSPS) is 12.8. The lowest BCUT2D eigenvalue weighted by molar-refractivity contribution is -0.140. The summed E-state index contributed by atoms with van der Waals surface area (Å²) in [6, 6.07) is 2.06. The van der Waals surface area contributed by atoms with E-state index in [9.17, 15) is 17.6 Å².